The highest BCUT2D eigenvalue weighted by molar-refractivity contribution is 4.89. The molecule has 1 rings (SSSR count). The summed E-state index contributed by atoms with van der Waals surface area (Å²) in [6.07, 6.45) is 3.80. The summed E-state index contributed by atoms with van der Waals surface area (Å²) in [5.41, 5.74) is 0.436. The van der Waals surface area contributed by atoms with Crippen LogP contribution in [0.25, 0.3) is 0 Å². The minimum absolute atomic E-state index is 0.436. The Morgan fingerprint density at radius 1 is 1.21 bits per heavy atom. The van der Waals surface area contributed by atoms with Gasteiger partial charge in [-0.3, -0.25) is 4.90 Å². The van der Waals surface area contributed by atoms with Crippen LogP contribution in [0.15, 0.2) is 0 Å². The minimum Gasteiger partial charge on any atom is -0.312 e. The van der Waals surface area contributed by atoms with E-state index in [0.29, 0.717) is 17.5 Å². The molecular formula is C16H35N3. The normalized spacial score (nSPS) is 24.6. The Morgan fingerprint density at radius 2 is 1.89 bits per heavy atom. The van der Waals surface area contributed by atoms with Crippen LogP contribution in [0.5, 0.6) is 0 Å². The molecule has 1 aliphatic rings. The molecule has 1 N–H and O–H groups in total. The van der Waals surface area contributed by atoms with Gasteiger partial charge in [0, 0.05) is 31.7 Å². The third-order valence-corrected chi connectivity index (χ3v) is 4.23. The average Bonchev–Trinajstić information content (AvgIpc) is 2.32. The van der Waals surface area contributed by atoms with Crippen molar-refractivity contribution in [2.24, 2.45) is 5.41 Å². The fourth-order valence-electron chi connectivity index (χ4n) is 2.83. The standard InChI is InChI=1S/C16H35N3/c1-7-10-17-14(8-9-16(2,3)4)15-13-18(5)11-12-19(15)6/h14-15,17H,7-13H2,1-6H3. The van der Waals surface area contributed by atoms with E-state index in [-0.39, 0.29) is 0 Å². The molecule has 0 amide bonds. The van der Waals surface area contributed by atoms with Crippen LogP contribution in [-0.4, -0.2) is 62.2 Å². The summed E-state index contributed by atoms with van der Waals surface area (Å²) >= 11 is 0. The van der Waals surface area contributed by atoms with E-state index in [1.165, 1.54) is 38.9 Å². The Kier molecular flexibility index (Phi) is 6.78. The zero-order valence-corrected chi connectivity index (χ0v) is 14.0. The number of likely N-dealkylation sites (N-methyl/N-ethyl adjacent to an activating group) is 2. The molecule has 2 unspecified atom stereocenters. The Morgan fingerprint density at radius 3 is 2.47 bits per heavy atom. The predicted molar refractivity (Wildman–Crippen MR) is 84.7 cm³/mol. The molecule has 0 aromatic rings. The topological polar surface area (TPSA) is 18.5 Å². The molecule has 1 fully saturated rings. The van der Waals surface area contributed by atoms with Crippen LogP contribution in [0, 0.1) is 5.41 Å². The molecule has 19 heavy (non-hydrogen) atoms. The third kappa shape index (κ3) is 6.24. The molecule has 0 aliphatic carbocycles. The molecule has 0 bridgehead atoms. The molecule has 0 radical (unpaired) electrons. The largest absolute Gasteiger partial charge is 0.312 e. The molecule has 0 spiro atoms. The van der Waals surface area contributed by atoms with Gasteiger partial charge in [-0.25, -0.2) is 0 Å². The van der Waals surface area contributed by atoms with Gasteiger partial charge in [0.05, 0.1) is 0 Å². The first-order chi connectivity index (χ1) is 8.83. The van der Waals surface area contributed by atoms with E-state index < -0.39 is 0 Å². The first-order valence-corrected chi connectivity index (χ1v) is 7.95. The lowest BCUT2D eigenvalue weighted by molar-refractivity contribution is 0.0816. The van der Waals surface area contributed by atoms with Gasteiger partial charge in [0.25, 0.3) is 0 Å². The Labute approximate surface area is 120 Å². The lowest BCUT2D eigenvalue weighted by Gasteiger charge is -2.43. The highest BCUT2D eigenvalue weighted by atomic mass is 15.3. The summed E-state index contributed by atoms with van der Waals surface area (Å²) in [6, 6.07) is 1.29. The smallest absolute Gasteiger partial charge is 0.0373 e. The second-order valence-electron chi connectivity index (χ2n) is 7.47. The van der Waals surface area contributed by atoms with Gasteiger partial charge in [-0.05, 0) is 45.3 Å². The van der Waals surface area contributed by atoms with Gasteiger partial charge in [0.2, 0.25) is 0 Å². The molecule has 3 heteroatoms. The van der Waals surface area contributed by atoms with E-state index >= 15 is 0 Å². The van der Waals surface area contributed by atoms with Crippen LogP contribution in [0.2, 0.25) is 0 Å². The fourth-order valence-corrected chi connectivity index (χ4v) is 2.83. The molecule has 0 aromatic carbocycles. The van der Waals surface area contributed by atoms with Crippen molar-refractivity contribution in [2.75, 3.05) is 40.3 Å². The quantitative estimate of drug-likeness (QED) is 0.799. The van der Waals surface area contributed by atoms with Crippen molar-refractivity contribution in [3.63, 3.8) is 0 Å². The van der Waals surface area contributed by atoms with Crippen molar-refractivity contribution < 1.29 is 0 Å². The number of hydrogen-bond donors (Lipinski definition) is 1. The number of nitrogens with one attached hydrogen (secondary N) is 1. The zero-order valence-electron chi connectivity index (χ0n) is 14.0. The first kappa shape index (κ1) is 16.9. The van der Waals surface area contributed by atoms with E-state index in [9.17, 15) is 0 Å². The molecule has 0 aromatic heterocycles. The van der Waals surface area contributed by atoms with Crippen molar-refractivity contribution in [3.8, 4) is 0 Å². The summed E-state index contributed by atoms with van der Waals surface area (Å²) in [6.45, 7) is 14.0. The van der Waals surface area contributed by atoms with Crippen LogP contribution in [0.1, 0.15) is 47.0 Å². The summed E-state index contributed by atoms with van der Waals surface area (Å²) < 4.78 is 0. The van der Waals surface area contributed by atoms with Crippen LogP contribution >= 0.6 is 0 Å². The fraction of sp³-hybridized carbons (Fsp3) is 1.00. The lowest BCUT2D eigenvalue weighted by Crippen LogP contribution is -2.58. The van der Waals surface area contributed by atoms with Gasteiger partial charge in [-0.2, -0.15) is 0 Å². The number of rotatable bonds is 6. The van der Waals surface area contributed by atoms with Crippen molar-refractivity contribution in [3.05, 3.63) is 0 Å². The summed E-state index contributed by atoms with van der Waals surface area (Å²) in [5.74, 6) is 0. The maximum absolute atomic E-state index is 3.79. The molecule has 1 aliphatic heterocycles. The van der Waals surface area contributed by atoms with E-state index in [4.69, 9.17) is 0 Å². The number of nitrogens with zero attached hydrogens (tertiary/aromatic N) is 2. The molecule has 1 heterocycles. The number of hydrogen-bond acceptors (Lipinski definition) is 3. The van der Waals surface area contributed by atoms with Crippen molar-refractivity contribution >= 4 is 0 Å². The summed E-state index contributed by atoms with van der Waals surface area (Å²) in [4.78, 5) is 5.03. The summed E-state index contributed by atoms with van der Waals surface area (Å²) in [7, 11) is 4.54. The Hall–Kier alpha value is -0.120. The monoisotopic (exact) mass is 269 g/mol. The molecule has 3 nitrogen and oxygen atoms in total. The van der Waals surface area contributed by atoms with Crippen molar-refractivity contribution in [1.82, 2.24) is 15.1 Å². The van der Waals surface area contributed by atoms with Gasteiger partial charge in [-0.15, -0.1) is 0 Å². The second-order valence-corrected chi connectivity index (χ2v) is 7.47. The van der Waals surface area contributed by atoms with Crippen LogP contribution in [-0.2, 0) is 0 Å². The van der Waals surface area contributed by atoms with Crippen LogP contribution in [0.4, 0.5) is 0 Å². The predicted octanol–water partition coefficient (Wildman–Crippen LogP) is 2.43. The SMILES string of the molecule is CCCNC(CCC(C)(C)C)C1CN(C)CCN1C. The Bertz CT molecular complexity index is 247. The van der Waals surface area contributed by atoms with Gasteiger partial charge >= 0.3 is 0 Å². The highest BCUT2D eigenvalue weighted by Crippen LogP contribution is 2.24. The Balaban J connectivity index is 2.60. The van der Waals surface area contributed by atoms with Crippen LogP contribution in [0.3, 0.4) is 0 Å². The van der Waals surface area contributed by atoms with Gasteiger partial charge in [0.15, 0.2) is 0 Å². The molecule has 2 atom stereocenters. The highest BCUT2D eigenvalue weighted by Gasteiger charge is 2.30. The van der Waals surface area contributed by atoms with Crippen molar-refractivity contribution in [1.29, 1.82) is 0 Å². The zero-order chi connectivity index (χ0) is 14.5. The molecule has 0 saturated carbocycles. The maximum Gasteiger partial charge on any atom is 0.0373 e. The van der Waals surface area contributed by atoms with Crippen LogP contribution < -0.4 is 5.32 Å². The van der Waals surface area contributed by atoms with E-state index in [1.54, 1.807) is 0 Å². The summed E-state index contributed by atoms with van der Waals surface area (Å²) in [5, 5.41) is 3.79. The number of piperazine rings is 1. The molecule has 114 valence electrons. The van der Waals surface area contributed by atoms with Gasteiger partial charge in [-0.1, -0.05) is 27.7 Å². The van der Waals surface area contributed by atoms with Crippen molar-refractivity contribution in [2.45, 2.75) is 59.0 Å². The van der Waals surface area contributed by atoms with Gasteiger partial charge in [0.1, 0.15) is 0 Å². The minimum atomic E-state index is 0.436. The molecular weight excluding hydrogens is 234 g/mol. The molecule has 1 saturated heterocycles. The van der Waals surface area contributed by atoms with E-state index in [2.05, 4.69) is 56.9 Å². The maximum atomic E-state index is 3.79. The second kappa shape index (κ2) is 7.61. The lowest BCUT2D eigenvalue weighted by atomic mass is 9.86. The first-order valence-electron chi connectivity index (χ1n) is 7.95. The van der Waals surface area contributed by atoms with E-state index in [0.717, 1.165) is 6.54 Å². The third-order valence-electron chi connectivity index (χ3n) is 4.23. The average molecular weight is 269 g/mol. The van der Waals surface area contributed by atoms with Gasteiger partial charge < -0.3 is 10.2 Å². The van der Waals surface area contributed by atoms with E-state index in [1.807, 2.05) is 0 Å².